The molecular weight excluding hydrogens is 866 g/mol. The van der Waals surface area contributed by atoms with Crippen LogP contribution in [0.3, 0.4) is 0 Å². The maximum Gasteiger partial charge on any atom is 0.249 e. The van der Waals surface area contributed by atoms with Crippen LogP contribution in [-0.2, 0) is 0 Å². The van der Waals surface area contributed by atoms with Gasteiger partial charge in [-0.1, -0.05) is 209 Å². The predicted octanol–water partition coefficient (Wildman–Crippen LogP) is 12.7. The summed E-state index contributed by atoms with van der Waals surface area (Å²) in [6, 6.07) is 85.8. The molecule has 0 saturated heterocycles. The molecule has 0 unspecified atom stereocenters. The van der Waals surface area contributed by atoms with Crippen molar-refractivity contribution in [2.45, 2.75) is 29.4 Å². The zero-order chi connectivity index (χ0) is 44.0. The van der Waals surface area contributed by atoms with Gasteiger partial charge in [-0.15, -0.1) is 0 Å². The molecule has 4 aliphatic rings. The van der Waals surface area contributed by atoms with Gasteiger partial charge < -0.3 is 9.80 Å². The zero-order valence-corrected chi connectivity index (χ0v) is 38.7. The van der Waals surface area contributed by atoms with Crippen LogP contribution in [0.25, 0.3) is 22.3 Å². The number of anilines is 6. The Kier molecular flexibility index (Phi) is 9.25. The van der Waals surface area contributed by atoms with Crippen LogP contribution in [0, 0.1) is 0 Å². The second kappa shape index (κ2) is 15.8. The topological polar surface area (TPSA) is 6.48 Å². The van der Waals surface area contributed by atoms with Crippen LogP contribution in [0.15, 0.2) is 260 Å². The highest BCUT2D eigenvalue weighted by Crippen LogP contribution is 2.50. The van der Waals surface area contributed by atoms with Crippen LogP contribution in [0.1, 0.15) is 0 Å². The first kappa shape index (κ1) is 39.2. The summed E-state index contributed by atoms with van der Waals surface area (Å²) in [4.78, 5) is 13.0. The molecule has 312 valence electrons. The Morgan fingerprint density at radius 3 is 1.45 bits per heavy atom. The molecule has 0 aliphatic carbocycles. The molecule has 0 fully saturated rings. The Morgan fingerprint density at radius 1 is 0.299 bits per heavy atom. The standard InChI is InChI=1S/C60H38B2N2S3/c1-5-19-39(20-6-1)41-33-56-60-57(34-41)67-55-38-51-48(37-49(55)62(60)47-29-15-18-32-54(47)65-56)61-46-28-14-17-31-53(46)66-58-36-44(63(42-23-9-3-10-24-42)43-25-11-4-12-26-43)35-52(59(58)61)64(51)50-30-16-13-27-45(50)40-21-7-2-8-22-40/h1-38H. The van der Waals surface area contributed by atoms with E-state index in [2.05, 4.69) is 240 Å². The molecule has 2 nitrogen and oxygen atoms in total. The van der Waals surface area contributed by atoms with Crippen LogP contribution in [0.5, 0.6) is 0 Å². The summed E-state index contributed by atoms with van der Waals surface area (Å²) in [7, 11) is 0. The molecule has 0 bridgehead atoms. The lowest BCUT2D eigenvalue weighted by Crippen LogP contribution is -2.63. The van der Waals surface area contributed by atoms with Gasteiger partial charge in [0.25, 0.3) is 0 Å². The van der Waals surface area contributed by atoms with Crippen LogP contribution < -0.4 is 42.6 Å². The summed E-state index contributed by atoms with van der Waals surface area (Å²) in [5, 5.41) is 0. The molecule has 14 rings (SSSR count). The summed E-state index contributed by atoms with van der Waals surface area (Å²) < 4.78 is 0. The Morgan fingerprint density at radius 2 is 0.806 bits per heavy atom. The summed E-state index contributed by atoms with van der Waals surface area (Å²) >= 11 is 5.79. The quantitative estimate of drug-likeness (QED) is 0.153. The van der Waals surface area contributed by atoms with Crippen molar-refractivity contribution in [3.05, 3.63) is 231 Å². The van der Waals surface area contributed by atoms with Crippen LogP contribution in [-0.4, -0.2) is 13.4 Å². The van der Waals surface area contributed by atoms with Gasteiger partial charge in [-0.2, -0.15) is 0 Å². The van der Waals surface area contributed by atoms with E-state index < -0.39 is 0 Å². The monoisotopic (exact) mass is 904 g/mol. The van der Waals surface area contributed by atoms with Gasteiger partial charge in [-0.3, -0.25) is 0 Å². The summed E-state index contributed by atoms with van der Waals surface area (Å²) in [6.07, 6.45) is 0. The first-order valence-electron chi connectivity index (χ1n) is 22.9. The number of para-hydroxylation sites is 3. The molecule has 0 saturated carbocycles. The van der Waals surface area contributed by atoms with Gasteiger partial charge in [0.2, 0.25) is 13.4 Å². The smallest absolute Gasteiger partial charge is 0.249 e. The van der Waals surface area contributed by atoms with Gasteiger partial charge >= 0.3 is 0 Å². The van der Waals surface area contributed by atoms with E-state index in [1.807, 2.05) is 35.3 Å². The maximum absolute atomic E-state index is 2.63. The Hall–Kier alpha value is -7.02. The van der Waals surface area contributed by atoms with Crippen molar-refractivity contribution in [2.75, 3.05) is 9.80 Å². The third-order valence-electron chi connectivity index (χ3n) is 13.8. The molecule has 0 amide bonds. The molecule has 7 heteroatoms. The number of hydrogen-bond donors (Lipinski definition) is 0. The number of fused-ring (bicyclic) bond motifs is 8. The first-order valence-corrected chi connectivity index (χ1v) is 25.3. The Labute approximate surface area is 404 Å². The average molecular weight is 905 g/mol. The summed E-state index contributed by atoms with van der Waals surface area (Å²) in [5.41, 5.74) is 20.2. The third-order valence-corrected chi connectivity index (χ3v) is 17.2. The molecule has 0 spiro atoms. The molecule has 4 heterocycles. The number of nitrogens with zero attached hydrogens (tertiary/aromatic N) is 2. The minimum atomic E-state index is 0.0263. The first-order chi connectivity index (χ1) is 33.2. The van der Waals surface area contributed by atoms with Gasteiger partial charge in [0.15, 0.2) is 0 Å². The molecule has 10 aromatic rings. The van der Waals surface area contributed by atoms with E-state index in [9.17, 15) is 0 Å². The van der Waals surface area contributed by atoms with Crippen LogP contribution in [0.2, 0.25) is 0 Å². The van der Waals surface area contributed by atoms with Crippen molar-refractivity contribution < 1.29 is 0 Å². The molecule has 10 aromatic carbocycles. The number of hydrogen-bond acceptors (Lipinski definition) is 5. The predicted molar refractivity (Wildman–Crippen MR) is 288 cm³/mol. The lowest BCUT2D eigenvalue weighted by Gasteiger charge is -2.43. The van der Waals surface area contributed by atoms with E-state index in [-0.39, 0.29) is 13.4 Å². The van der Waals surface area contributed by atoms with Crippen molar-refractivity contribution in [3.8, 4) is 22.3 Å². The minimum absolute atomic E-state index is 0.0263. The Bertz CT molecular complexity index is 3550. The van der Waals surface area contributed by atoms with Gasteiger partial charge in [0.05, 0.1) is 5.69 Å². The fraction of sp³-hybridized carbons (Fsp3) is 0. The highest BCUT2D eigenvalue weighted by Gasteiger charge is 2.45. The lowest BCUT2D eigenvalue weighted by atomic mass is 9.32. The second-order valence-corrected chi connectivity index (χ2v) is 20.8. The number of rotatable bonds is 6. The van der Waals surface area contributed by atoms with E-state index in [1.54, 1.807) is 0 Å². The fourth-order valence-electron chi connectivity index (χ4n) is 10.9. The number of benzene rings is 10. The zero-order valence-electron chi connectivity index (χ0n) is 36.2. The van der Waals surface area contributed by atoms with Crippen molar-refractivity contribution >= 4 is 116 Å². The minimum Gasteiger partial charge on any atom is -0.311 e. The van der Waals surface area contributed by atoms with Crippen LogP contribution >= 0.6 is 35.3 Å². The SMILES string of the molecule is c1ccc(-c2cc3c4c(c2)Sc2cc5c(cc2B4c2ccccc2S3)B2c3ccccc3Sc3cc(N(c4ccccc4)c4ccccc4)cc(c32)N5c2ccccc2-c2ccccc2)cc1. The van der Waals surface area contributed by atoms with Crippen molar-refractivity contribution in [2.24, 2.45) is 0 Å². The molecule has 0 atom stereocenters. The normalized spacial score (nSPS) is 13.4. The van der Waals surface area contributed by atoms with E-state index in [4.69, 9.17) is 0 Å². The highest BCUT2D eigenvalue weighted by atomic mass is 32.2. The van der Waals surface area contributed by atoms with Crippen molar-refractivity contribution in [3.63, 3.8) is 0 Å². The Balaban J connectivity index is 1.07. The summed E-state index contributed by atoms with van der Waals surface area (Å²) in [6.45, 7) is 0.138. The van der Waals surface area contributed by atoms with Crippen molar-refractivity contribution in [1.29, 1.82) is 0 Å². The average Bonchev–Trinajstić information content (AvgIpc) is 3.39. The van der Waals surface area contributed by atoms with E-state index in [0.29, 0.717) is 0 Å². The largest absolute Gasteiger partial charge is 0.311 e. The maximum atomic E-state index is 2.63. The highest BCUT2D eigenvalue weighted by molar-refractivity contribution is 8.01. The van der Waals surface area contributed by atoms with Gasteiger partial charge in [0.1, 0.15) is 0 Å². The van der Waals surface area contributed by atoms with Gasteiger partial charge in [0, 0.05) is 63.4 Å². The lowest BCUT2D eigenvalue weighted by molar-refractivity contribution is 1.22. The molecule has 67 heavy (non-hydrogen) atoms. The molecule has 0 radical (unpaired) electrons. The summed E-state index contributed by atoms with van der Waals surface area (Å²) in [5.74, 6) is 0. The van der Waals surface area contributed by atoms with E-state index >= 15 is 0 Å². The van der Waals surface area contributed by atoms with Crippen molar-refractivity contribution in [1.82, 2.24) is 0 Å². The van der Waals surface area contributed by atoms with Gasteiger partial charge in [-0.05, 0) is 106 Å². The third kappa shape index (κ3) is 6.33. The van der Waals surface area contributed by atoms with E-state index in [0.717, 1.165) is 22.7 Å². The molecule has 0 N–H and O–H groups in total. The molecule has 0 aromatic heterocycles. The van der Waals surface area contributed by atoms with E-state index in [1.165, 1.54) is 95.8 Å². The van der Waals surface area contributed by atoms with Crippen LogP contribution in [0.4, 0.5) is 34.1 Å². The molecular formula is C60H38B2N2S3. The molecule has 4 aliphatic heterocycles. The fourth-order valence-corrected chi connectivity index (χ4v) is 14.6. The van der Waals surface area contributed by atoms with Gasteiger partial charge in [-0.25, -0.2) is 0 Å². The second-order valence-electron chi connectivity index (χ2n) is 17.6.